The van der Waals surface area contributed by atoms with Crippen LogP contribution >= 0.6 is 15.6 Å². The molecule has 1 aliphatic heterocycles. The summed E-state index contributed by atoms with van der Waals surface area (Å²) >= 11 is 0. The first-order valence-corrected chi connectivity index (χ1v) is 13.3. The summed E-state index contributed by atoms with van der Waals surface area (Å²) < 4.78 is 44.0. The predicted octanol–water partition coefficient (Wildman–Crippen LogP) is -11.3. The number of aliphatic hydroxyl groups excluding tert-OH is 6. The van der Waals surface area contributed by atoms with Crippen LogP contribution in [0.3, 0.4) is 0 Å². The van der Waals surface area contributed by atoms with Gasteiger partial charge >= 0.3 is 66.9 Å². The van der Waals surface area contributed by atoms with Gasteiger partial charge in [0.1, 0.15) is 54.6 Å². The standard InChI is InChI=1S/C16H25N5O15P2.2Na/c17-14-9-15(19-4-18-14)21(5-20-9)16-13(28)12(27)8(34-16)3-33-38(32,36-37(29,30)31)35-7(2-23)11(26)10(25)6(24)1-22;;/h1,4-8,10-13,16,23-28H,2-3H2,(H2,17,18,19)(H2,29,30,31);;/q;2*+1/p-2/t6-,7+,8+,10+,11+,12+,13+,16+,38?;;/m0../s1. The first-order chi connectivity index (χ1) is 17.7. The smallest absolute Gasteiger partial charge is 0.789 e. The number of ether oxygens (including phenoxy) is 1. The van der Waals surface area contributed by atoms with E-state index in [0.29, 0.717) is 0 Å². The third kappa shape index (κ3) is 9.01. The Labute approximate surface area is 268 Å². The molecule has 9 atom stereocenters. The van der Waals surface area contributed by atoms with Gasteiger partial charge in [-0.1, -0.05) is 0 Å². The molecule has 3 rings (SSSR count). The molecule has 1 aliphatic rings. The van der Waals surface area contributed by atoms with E-state index in [1.807, 2.05) is 0 Å². The molecule has 20 nitrogen and oxygen atoms in total. The van der Waals surface area contributed by atoms with Gasteiger partial charge in [-0.05, 0) is 0 Å². The number of carbonyl (C=O) groups excluding carboxylic acids is 1. The van der Waals surface area contributed by atoms with Crippen LogP contribution in [0, 0.1) is 0 Å². The number of imidazole rings is 1. The molecule has 0 saturated carbocycles. The monoisotopic (exact) mass is 633 g/mol. The van der Waals surface area contributed by atoms with Crippen molar-refractivity contribution in [1.82, 2.24) is 19.5 Å². The molecular formula is C16H23N5Na2O15P2. The number of phosphoric acid groups is 2. The van der Waals surface area contributed by atoms with Gasteiger partial charge in [0.15, 0.2) is 24.0 Å². The van der Waals surface area contributed by atoms with Crippen molar-refractivity contribution in [1.29, 1.82) is 0 Å². The number of nitrogen functional groups attached to an aromatic ring is 1. The van der Waals surface area contributed by atoms with Gasteiger partial charge in [0.2, 0.25) is 0 Å². The zero-order chi connectivity index (χ0) is 28.4. The molecule has 8 N–H and O–H groups in total. The zero-order valence-electron chi connectivity index (χ0n) is 20.9. The first-order valence-electron chi connectivity index (χ1n) is 10.4. The summed E-state index contributed by atoms with van der Waals surface area (Å²) in [6.07, 6.45) is -13.5. The van der Waals surface area contributed by atoms with Crippen molar-refractivity contribution < 1.29 is 132 Å². The molecule has 3 heterocycles. The van der Waals surface area contributed by atoms with Gasteiger partial charge < -0.3 is 60.3 Å². The molecule has 0 spiro atoms. The zero-order valence-corrected chi connectivity index (χ0v) is 26.7. The van der Waals surface area contributed by atoms with Gasteiger partial charge in [-0.2, -0.15) is 0 Å². The predicted molar refractivity (Wildman–Crippen MR) is 114 cm³/mol. The van der Waals surface area contributed by atoms with E-state index in [0.717, 1.165) is 12.7 Å². The van der Waals surface area contributed by atoms with Crippen LogP contribution in [0.15, 0.2) is 12.7 Å². The van der Waals surface area contributed by atoms with Crippen molar-refractivity contribution in [2.75, 3.05) is 18.9 Å². The number of carbonyl (C=O) groups is 1. The Balaban J connectivity index is 0.00000400. The van der Waals surface area contributed by atoms with E-state index in [1.54, 1.807) is 0 Å². The number of hydrogen-bond acceptors (Lipinski definition) is 19. The van der Waals surface area contributed by atoms with E-state index in [1.165, 1.54) is 4.57 Å². The summed E-state index contributed by atoms with van der Waals surface area (Å²) in [5, 5.41) is 59.3. The van der Waals surface area contributed by atoms with Crippen LogP contribution in [0.2, 0.25) is 0 Å². The number of nitrogens with two attached hydrogens (primary N) is 1. The van der Waals surface area contributed by atoms with E-state index in [2.05, 4.69) is 23.8 Å². The van der Waals surface area contributed by atoms with Crippen molar-refractivity contribution >= 4 is 38.9 Å². The van der Waals surface area contributed by atoms with Crippen molar-refractivity contribution in [3.63, 3.8) is 0 Å². The Hall–Kier alpha value is -0.000000000000000888. The van der Waals surface area contributed by atoms with Gasteiger partial charge in [0.05, 0.1) is 27.4 Å². The Morgan fingerprint density at radius 1 is 1.12 bits per heavy atom. The summed E-state index contributed by atoms with van der Waals surface area (Å²) in [4.78, 5) is 44.6. The Morgan fingerprint density at radius 2 is 1.77 bits per heavy atom. The fourth-order valence-electron chi connectivity index (χ4n) is 3.39. The molecule has 24 heteroatoms. The minimum Gasteiger partial charge on any atom is -0.789 e. The van der Waals surface area contributed by atoms with Crippen LogP contribution in [-0.4, -0.2) is 112 Å². The van der Waals surface area contributed by atoms with Crippen molar-refractivity contribution in [3.8, 4) is 0 Å². The average Bonchev–Trinajstić information content (AvgIpc) is 3.40. The van der Waals surface area contributed by atoms with E-state index in [4.69, 9.17) is 15.0 Å². The maximum absolute atomic E-state index is 12.9. The van der Waals surface area contributed by atoms with E-state index < -0.39 is 77.8 Å². The number of anilines is 1. The number of fused-ring (bicyclic) bond motifs is 1. The van der Waals surface area contributed by atoms with E-state index in [-0.39, 0.29) is 82.4 Å². The van der Waals surface area contributed by atoms with Crippen LogP contribution in [0.5, 0.6) is 0 Å². The maximum atomic E-state index is 12.9. The van der Waals surface area contributed by atoms with Crippen LogP contribution < -0.4 is 74.6 Å². The summed E-state index contributed by atoms with van der Waals surface area (Å²) in [6, 6.07) is 0. The third-order valence-electron chi connectivity index (χ3n) is 5.26. The molecule has 2 aromatic rings. The summed E-state index contributed by atoms with van der Waals surface area (Å²) in [5.41, 5.74) is 5.94. The summed E-state index contributed by atoms with van der Waals surface area (Å²) in [6.45, 7) is -2.38. The molecule has 214 valence electrons. The molecule has 1 unspecified atom stereocenters. The van der Waals surface area contributed by atoms with Gasteiger partial charge in [0.25, 0.3) is 0 Å². The van der Waals surface area contributed by atoms with E-state index in [9.17, 15) is 54.4 Å². The number of aromatic nitrogens is 4. The Bertz CT molecular complexity index is 1220. The van der Waals surface area contributed by atoms with Crippen LogP contribution in [-0.2, 0) is 32.0 Å². The molecule has 0 bridgehead atoms. The normalized spacial score (nSPS) is 25.7. The number of aldehydes is 1. The number of phosphoric ester groups is 1. The topological polar surface area (TPSA) is 325 Å². The molecule has 0 radical (unpaired) electrons. The van der Waals surface area contributed by atoms with Gasteiger partial charge in [-0.25, -0.2) is 19.5 Å². The van der Waals surface area contributed by atoms with Crippen molar-refractivity contribution in [2.24, 2.45) is 0 Å². The fraction of sp³-hybridized carbons (Fsp3) is 0.625. The third-order valence-corrected chi connectivity index (χ3v) is 7.85. The SMILES string of the molecule is Nc1ncnc2c1ncn2[C@@H]1O[C@H](COP(=O)(O[C@H](CO)[C@@H](O)[C@H](O)[C@@H](O)C=O)OP(=O)([O-])[O-])[C@@H](O)[C@H]1O.[Na+].[Na+]. The second-order valence-corrected chi connectivity index (χ2v) is 10.7. The van der Waals surface area contributed by atoms with Gasteiger partial charge in [-0.3, -0.25) is 17.9 Å². The second kappa shape index (κ2) is 15.6. The number of nitrogens with zero attached hydrogens (tertiary/aromatic N) is 4. The van der Waals surface area contributed by atoms with Crippen LogP contribution in [0.1, 0.15) is 6.23 Å². The number of hydrogen-bond donors (Lipinski definition) is 7. The van der Waals surface area contributed by atoms with Crippen molar-refractivity contribution in [2.45, 2.75) is 49.0 Å². The number of rotatable bonds is 13. The second-order valence-electron chi connectivity index (χ2n) is 7.84. The minimum atomic E-state index is -6.14. The molecule has 0 aliphatic carbocycles. The van der Waals surface area contributed by atoms with Crippen LogP contribution in [0.4, 0.5) is 5.82 Å². The molecule has 40 heavy (non-hydrogen) atoms. The minimum absolute atomic E-state index is 0. The Kier molecular flexibility index (Phi) is 14.9. The van der Waals surface area contributed by atoms with Crippen LogP contribution in [0.25, 0.3) is 11.2 Å². The quantitative estimate of drug-likeness (QED) is 0.0611. The van der Waals surface area contributed by atoms with Gasteiger partial charge in [0, 0.05) is 0 Å². The molecule has 0 aromatic carbocycles. The molecular weight excluding hydrogens is 610 g/mol. The average molecular weight is 633 g/mol. The van der Waals surface area contributed by atoms with E-state index >= 15 is 0 Å². The first kappa shape index (κ1) is 38.0. The molecule has 1 saturated heterocycles. The number of aliphatic hydroxyl groups is 6. The molecule has 1 fully saturated rings. The fourth-order valence-corrected chi connectivity index (χ4v) is 5.62. The Morgan fingerprint density at radius 3 is 2.35 bits per heavy atom. The maximum Gasteiger partial charge on any atom is 1.00 e. The summed E-state index contributed by atoms with van der Waals surface area (Å²) in [7, 11) is -11.7. The largest absolute Gasteiger partial charge is 1.00 e. The molecule has 2 aromatic heterocycles. The molecule has 0 amide bonds. The summed E-state index contributed by atoms with van der Waals surface area (Å²) in [5.74, 6) is 0.00274. The van der Waals surface area contributed by atoms with Crippen molar-refractivity contribution in [3.05, 3.63) is 12.7 Å². The van der Waals surface area contributed by atoms with Gasteiger partial charge in [-0.15, -0.1) is 0 Å².